The van der Waals surface area contributed by atoms with Crippen molar-refractivity contribution < 1.29 is 11.0 Å². The second kappa shape index (κ2) is 7.98. The number of amides is 2. The van der Waals surface area contributed by atoms with Crippen molar-refractivity contribution in [2.24, 2.45) is 0 Å². The van der Waals surface area contributed by atoms with Gasteiger partial charge in [0.15, 0.2) is 0 Å². The van der Waals surface area contributed by atoms with E-state index < -0.39 is 6.17 Å². The molecule has 2 aromatic rings. The summed E-state index contributed by atoms with van der Waals surface area (Å²) in [5, 5.41) is 5.35. The molecule has 0 spiro atoms. The Morgan fingerprint density at radius 2 is 1.27 bits per heavy atom. The van der Waals surface area contributed by atoms with Gasteiger partial charge in [-0.1, -0.05) is 60.7 Å². The van der Waals surface area contributed by atoms with Crippen LogP contribution in [0.2, 0.25) is 0 Å². The number of carbonyl (C=O) groups is 2. The van der Waals surface area contributed by atoms with Crippen LogP contribution < -0.4 is 10.6 Å². The molecule has 0 aliphatic rings. The Bertz CT molecular complexity index is 576. The molecule has 2 rings (SSSR count). The highest BCUT2D eigenvalue weighted by atomic mass is 16.2. The monoisotopic (exact) mass is 297 g/mol. The molecule has 0 fully saturated rings. The van der Waals surface area contributed by atoms with Gasteiger partial charge in [0, 0.05) is 1.37 Å². The van der Waals surface area contributed by atoms with Crippen molar-refractivity contribution in [1.82, 2.24) is 10.6 Å². The van der Waals surface area contributed by atoms with Crippen LogP contribution in [-0.2, 0) is 22.4 Å². The number of carbonyl (C=O) groups excluding carboxylic acids is 2. The van der Waals surface area contributed by atoms with Gasteiger partial charge in [-0.3, -0.25) is 9.59 Å². The smallest absolute Gasteiger partial charge is 0.225 e. The molecule has 0 saturated heterocycles. The molecule has 0 aliphatic carbocycles. The molecule has 4 nitrogen and oxygen atoms in total. The first kappa shape index (κ1) is 14.3. The summed E-state index contributed by atoms with van der Waals surface area (Å²) in [6, 6.07) is 18.7. The number of hydrogen-bond acceptors (Lipinski definition) is 2. The SMILES string of the molecule is [2H]CC(NC(=O)Cc1ccccc1)NC(=O)Cc1ccccc1. The van der Waals surface area contributed by atoms with E-state index >= 15 is 0 Å². The minimum atomic E-state index is -0.678. The van der Waals surface area contributed by atoms with E-state index in [9.17, 15) is 9.59 Å². The maximum absolute atomic E-state index is 12.0. The Morgan fingerprint density at radius 3 is 1.64 bits per heavy atom. The maximum Gasteiger partial charge on any atom is 0.225 e. The lowest BCUT2D eigenvalue weighted by Gasteiger charge is -2.16. The molecule has 0 radical (unpaired) electrons. The zero-order valence-electron chi connectivity index (χ0n) is 13.3. The number of benzene rings is 2. The van der Waals surface area contributed by atoms with E-state index in [0.29, 0.717) is 0 Å². The molecule has 22 heavy (non-hydrogen) atoms. The lowest BCUT2D eigenvalue weighted by atomic mass is 10.1. The highest BCUT2D eigenvalue weighted by molar-refractivity contribution is 5.81. The van der Waals surface area contributed by atoms with Gasteiger partial charge in [-0.25, -0.2) is 0 Å². The van der Waals surface area contributed by atoms with Crippen LogP contribution in [0, 0.1) is 0 Å². The highest BCUT2D eigenvalue weighted by Crippen LogP contribution is 2.00. The molecule has 2 amide bonds. The van der Waals surface area contributed by atoms with E-state index in [1.165, 1.54) is 0 Å². The normalized spacial score (nSPS) is 10.9. The van der Waals surface area contributed by atoms with Gasteiger partial charge in [0.1, 0.15) is 0 Å². The molecule has 0 atom stereocenters. The van der Waals surface area contributed by atoms with E-state index in [4.69, 9.17) is 1.37 Å². The van der Waals surface area contributed by atoms with Crippen molar-refractivity contribution in [3.63, 3.8) is 0 Å². The average Bonchev–Trinajstić information content (AvgIpc) is 2.56. The van der Waals surface area contributed by atoms with E-state index in [1.807, 2.05) is 60.7 Å². The molecule has 114 valence electrons. The van der Waals surface area contributed by atoms with Crippen LogP contribution in [0.5, 0.6) is 0 Å². The Morgan fingerprint density at radius 1 is 0.864 bits per heavy atom. The Balaban J connectivity index is 1.82. The fourth-order valence-corrected chi connectivity index (χ4v) is 2.09. The minimum Gasteiger partial charge on any atom is -0.336 e. The van der Waals surface area contributed by atoms with Crippen LogP contribution in [0.4, 0.5) is 0 Å². The van der Waals surface area contributed by atoms with Crippen LogP contribution in [0.3, 0.4) is 0 Å². The van der Waals surface area contributed by atoms with Crippen molar-refractivity contribution in [2.75, 3.05) is 0 Å². The molecule has 0 aromatic heterocycles. The van der Waals surface area contributed by atoms with E-state index in [-0.39, 0.29) is 31.6 Å². The summed E-state index contributed by atoms with van der Waals surface area (Å²) in [6.07, 6.45) is -0.222. The van der Waals surface area contributed by atoms with Crippen LogP contribution >= 0.6 is 0 Å². The first-order chi connectivity index (χ1) is 11.2. The Labute approximate surface area is 132 Å². The van der Waals surface area contributed by atoms with Crippen LogP contribution in [-0.4, -0.2) is 18.0 Å². The summed E-state index contributed by atoms with van der Waals surface area (Å²) in [6.45, 7) is -0.110. The standard InChI is InChI=1S/C18H20N2O2/c1-14(19-17(21)12-15-8-4-2-5-9-15)20-18(22)13-16-10-6-3-7-11-16/h2-11,14H,12-13H2,1H3,(H,19,21)(H,20,22)/i1D. The molecular weight excluding hydrogens is 276 g/mol. The summed E-state index contributed by atoms with van der Waals surface area (Å²) >= 11 is 0. The third kappa shape index (κ3) is 5.40. The zero-order chi connectivity index (χ0) is 16.5. The Kier molecular flexibility index (Phi) is 5.19. The molecule has 0 unspecified atom stereocenters. The molecule has 0 aliphatic heterocycles. The topological polar surface area (TPSA) is 58.2 Å². The first-order valence-corrected chi connectivity index (χ1v) is 7.13. The molecule has 0 heterocycles. The largest absolute Gasteiger partial charge is 0.336 e. The lowest BCUT2D eigenvalue weighted by molar-refractivity contribution is -0.123. The van der Waals surface area contributed by atoms with Gasteiger partial charge < -0.3 is 10.6 Å². The third-order valence-electron chi connectivity index (χ3n) is 3.09. The van der Waals surface area contributed by atoms with Gasteiger partial charge >= 0.3 is 0 Å². The van der Waals surface area contributed by atoms with Gasteiger partial charge in [-0.05, 0) is 18.0 Å². The fraction of sp³-hybridized carbons (Fsp3) is 0.222. The van der Waals surface area contributed by atoms with Crippen molar-refractivity contribution in [3.8, 4) is 0 Å². The predicted molar refractivity (Wildman–Crippen MR) is 86.0 cm³/mol. The molecule has 4 heteroatoms. The van der Waals surface area contributed by atoms with Gasteiger partial charge in [0.2, 0.25) is 11.8 Å². The summed E-state index contributed by atoms with van der Waals surface area (Å²) in [5.41, 5.74) is 1.79. The van der Waals surface area contributed by atoms with Crippen LogP contribution in [0.1, 0.15) is 19.4 Å². The zero-order valence-corrected chi connectivity index (χ0v) is 12.3. The summed E-state index contributed by atoms with van der Waals surface area (Å²) in [7, 11) is 0. The second-order valence-electron chi connectivity index (χ2n) is 5.01. The summed E-state index contributed by atoms with van der Waals surface area (Å²) in [4.78, 5) is 24.0. The van der Waals surface area contributed by atoms with Crippen LogP contribution in [0.25, 0.3) is 0 Å². The highest BCUT2D eigenvalue weighted by Gasteiger charge is 2.11. The molecule has 0 bridgehead atoms. The maximum atomic E-state index is 12.0. The molecular formula is C18H20N2O2. The first-order valence-electron chi connectivity index (χ1n) is 7.84. The van der Waals surface area contributed by atoms with Gasteiger partial charge in [0.25, 0.3) is 0 Å². The summed E-state index contributed by atoms with van der Waals surface area (Å²) < 4.78 is 7.48. The van der Waals surface area contributed by atoms with Gasteiger partial charge in [0.05, 0.1) is 19.0 Å². The van der Waals surface area contributed by atoms with Gasteiger partial charge in [-0.2, -0.15) is 0 Å². The molecule has 2 aromatic carbocycles. The number of nitrogens with one attached hydrogen (secondary N) is 2. The van der Waals surface area contributed by atoms with E-state index in [0.717, 1.165) is 11.1 Å². The number of hydrogen-bond donors (Lipinski definition) is 2. The predicted octanol–water partition coefficient (Wildman–Crippen LogP) is 2.05. The second-order valence-corrected chi connectivity index (χ2v) is 5.01. The van der Waals surface area contributed by atoms with Crippen molar-refractivity contribution in [3.05, 3.63) is 71.8 Å². The van der Waals surface area contributed by atoms with Crippen LogP contribution in [0.15, 0.2) is 60.7 Å². The molecule has 0 saturated carbocycles. The quantitative estimate of drug-likeness (QED) is 0.802. The molecule has 2 N–H and O–H groups in total. The lowest BCUT2D eigenvalue weighted by Crippen LogP contribution is -2.46. The van der Waals surface area contributed by atoms with Crippen molar-refractivity contribution >= 4 is 11.8 Å². The minimum absolute atomic E-state index is 0.110. The van der Waals surface area contributed by atoms with E-state index in [2.05, 4.69) is 10.6 Å². The number of rotatable bonds is 6. The van der Waals surface area contributed by atoms with Gasteiger partial charge in [-0.15, -0.1) is 0 Å². The fourth-order valence-electron chi connectivity index (χ4n) is 2.09. The van der Waals surface area contributed by atoms with E-state index in [1.54, 1.807) is 0 Å². The average molecular weight is 297 g/mol. The third-order valence-corrected chi connectivity index (χ3v) is 3.09. The summed E-state index contributed by atoms with van der Waals surface area (Å²) in [5.74, 6) is -0.429. The van der Waals surface area contributed by atoms with Crippen molar-refractivity contribution in [2.45, 2.75) is 25.9 Å². The Hall–Kier alpha value is -2.62. The van der Waals surface area contributed by atoms with Crippen molar-refractivity contribution in [1.29, 1.82) is 0 Å².